The van der Waals surface area contributed by atoms with E-state index in [0.717, 1.165) is 38.6 Å². The maximum Gasteiger partial charge on any atom is 0.255 e. The Hall–Kier alpha value is -1.10. The highest BCUT2D eigenvalue weighted by Gasteiger charge is 2.26. The molecule has 1 atom stereocenters. The smallest absolute Gasteiger partial charge is 0.255 e. The highest BCUT2D eigenvalue weighted by Crippen LogP contribution is 2.27. The summed E-state index contributed by atoms with van der Waals surface area (Å²) in [5, 5.41) is 0. The van der Waals surface area contributed by atoms with Gasteiger partial charge in [0.05, 0.1) is 11.3 Å². The van der Waals surface area contributed by atoms with E-state index >= 15 is 0 Å². The first-order chi connectivity index (χ1) is 9.54. The van der Waals surface area contributed by atoms with Gasteiger partial charge in [0.2, 0.25) is 0 Å². The van der Waals surface area contributed by atoms with Crippen molar-refractivity contribution in [2.45, 2.75) is 45.1 Å². The number of hydrogen-bond donors (Lipinski definition) is 1. The summed E-state index contributed by atoms with van der Waals surface area (Å²) in [6, 6.07) is 2.96. The van der Waals surface area contributed by atoms with E-state index < -0.39 is 5.82 Å². The molecule has 1 aromatic rings. The lowest BCUT2D eigenvalue weighted by molar-refractivity contribution is 0.0677. The summed E-state index contributed by atoms with van der Waals surface area (Å²) < 4.78 is 13.9. The zero-order chi connectivity index (χ0) is 14.7. The number of benzene rings is 1. The molecular formula is C15H20BrFN2O. The molecule has 1 saturated heterocycles. The highest BCUT2D eigenvalue weighted by atomic mass is 79.9. The molecule has 5 heteroatoms. The third-order valence-corrected chi connectivity index (χ3v) is 4.58. The van der Waals surface area contributed by atoms with Crippen molar-refractivity contribution in [2.75, 3.05) is 12.3 Å². The standard InChI is InChI=1S/C15H20BrFN2O/c1-2-10-6-4-3-5-7-19(10)15(20)11-8-14(18)13(17)9-12(11)16/h8-10H,2-7,18H2,1H3. The predicted molar refractivity (Wildman–Crippen MR) is 82.1 cm³/mol. The summed E-state index contributed by atoms with van der Waals surface area (Å²) in [4.78, 5) is 14.6. The van der Waals surface area contributed by atoms with Gasteiger partial charge in [0.25, 0.3) is 5.91 Å². The van der Waals surface area contributed by atoms with Gasteiger partial charge < -0.3 is 10.6 Å². The van der Waals surface area contributed by atoms with E-state index in [0.29, 0.717) is 10.0 Å². The number of nitrogens with two attached hydrogens (primary N) is 1. The summed E-state index contributed by atoms with van der Waals surface area (Å²) in [6.45, 7) is 2.87. The third-order valence-electron chi connectivity index (χ3n) is 3.93. The molecule has 0 bridgehead atoms. The Morgan fingerprint density at radius 3 is 2.90 bits per heavy atom. The lowest BCUT2D eigenvalue weighted by atomic mass is 10.1. The number of carbonyl (C=O) groups is 1. The summed E-state index contributed by atoms with van der Waals surface area (Å²) >= 11 is 3.27. The van der Waals surface area contributed by atoms with Crippen LogP contribution in [0, 0.1) is 5.82 Å². The average Bonchev–Trinajstić information content (AvgIpc) is 2.67. The number of hydrogen-bond acceptors (Lipinski definition) is 2. The molecule has 2 rings (SSSR count). The molecule has 0 aromatic heterocycles. The molecule has 0 saturated carbocycles. The Bertz CT molecular complexity index is 507. The second kappa shape index (κ2) is 6.57. The van der Waals surface area contributed by atoms with Gasteiger partial charge in [-0.2, -0.15) is 0 Å². The lowest BCUT2D eigenvalue weighted by Gasteiger charge is -2.29. The minimum atomic E-state index is -0.503. The second-order valence-corrected chi connectivity index (χ2v) is 6.12. The van der Waals surface area contributed by atoms with Crippen LogP contribution >= 0.6 is 15.9 Å². The Balaban J connectivity index is 2.31. The van der Waals surface area contributed by atoms with Crippen molar-refractivity contribution in [2.24, 2.45) is 0 Å². The molecule has 0 aliphatic carbocycles. The number of amides is 1. The molecule has 1 heterocycles. The van der Waals surface area contributed by atoms with Crippen LogP contribution in [0.3, 0.4) is 0 Å². The Morgan fingerprint density at radius 1 is 1.45 bits per heavy atom. The normalized spacial score (nSPS) is 19.8. The van der Waals surface area contributed by atoms with E-state index in [1.807, 2.05) is 4.90 Å². The van der Waals surface area contributed by atoms with Crippen molar-refractivity contribution in [3.8, 4) is 0 Å². The fraction of sp³-hybridized carbons (Fsp3) is 0.533. The molecule has 0 radical (unpaired) electrons. The SMILES string of the molecule is CCC1CCCCCN1C(=O)c1cc(N)c(F)cc1Br. The van der Waals surface area contributed by atoms with Crippen molar-refractivity contribution in [3.05, 3.63) is 28.0 Å². The number of carbonyl (C=O) groups excluding carboxylic acids is 1. The van der Waals surface area contributed by atoms with Crippen molar-refractivity contribution in [3.63, 3.8) is 0 Å². The van der Waals surface area contributed by atoms with Gasteiger partial charge in [-0.15, -0.1) is 0 Å². The molecule has 3 nitrogen and oxygen atoms in total. The minimum absolute atomic E-state index is 0.0134. The van der Waals surface area contributed by atoms with E-state index in [1.54, 1.807) is 0 Å². The zero-order valence-electron chi connectivity index (χ0n) is 11.7. The first-order valence-corrected chi connectivity index (χ1v) is 7.89. The van der Waals surface area contributed by atoms with E-state index in [1.165, 1.54) is 12.1 Å². The number of halogens is 2. The summed E-state index contributed by atoms with van der Waals surface area (Å²) in [5.41, 5.74) is 6.05. The van der Waals surface area contributed by atoms with Crippen LogP contribution in [0.2, 0.25) is 0 Å². The molecule has 1 aliphatic rings. The van der Waals surface area contributed by atoms with E-state index in [2.05, 4.69) is 22.9 Å². The van der Waals surface area contributed by atoms with Crippen LogP contribution in [-0.4, -0.2) is 23.4 Å². The molecule has 1 amide bonds. The lowest BCUT2D eigenvalue weighted by Crippen LogP contribution is -2.39. The molecule has 1 aromatic carbocycles. The molecule has 1 aliphatic heterocycles. The van der Waals surface area contributed by atoms with Crippen LogP contribution in [0.4, 0.5) is 10.1 Å². The van der Waals surface area contributed by atoms with E-state index in [-0.39, 0.29) is 17.6 Å². The van der Waals surface area contributed by atoms with Crippen molar-refractivity contribution >= 4 is 27.5 Å². The Labute approximate surface area is 127 Å². The Kier molecular flexibility index (Phi) is 5.02. The molecule has 20 heavy (non-hydrogen) atoms. The van der Waals surface area contributed by atoms with Gasteiger partial charge >= 0.3 is 0 Å². The molecule has 0 spiro atoms. The van der Waals surface area contributed by atoms with Crippen LogP contribution in [0.25, 0.3) is 0 Å². The number of likely N-dealkylation sites (tertiary alicyclic amines) is 1. The van der Waals surface area contributed by atoms with Gasteiger partial charge in [0.15, 0.2) is 0 Å². The van der Waals surface area contributed by atoms with Gasteiger partial charge in [-0.25, -0.2) is 4.39 Å². The largest absolute Gasteiger partial charge is 0.396 e. The first-order valence-electron chi connectivity index (χ1n) is 7.10. The van der Waals surface area contributed by atoms with Gasteiger partial charge in [-0.1, -0.05) is 19.8 Å². The van der Waals surface area contributed by atoms with Gasteiger partial charge in [-0.05, 0) is 47.3 Å². The summed E-state index contributed by atoms with van der Waals surface area (Å²) in [7, 11) is 0. The maximum absolute atomic E-state index is 13.4. The Morgan fingerprint density at radius 2 is 2.20 bits per heavy atom. The van der Waals surface area contributed by atoms with Crippen LogP contribution in [-0.2, 0) is 0 Å². The molecule has 1 unspecified atom stereocenters. The first kappa shape index (κ1) is 15.3. The van der Waals surface area contributed by atoms with Crippen LogP contribution in [0.15, 0.2) is 16.6 Å². The third kappa shape index (κ3) is 3.14. The molecule has 1 fully saturated rings. The van der Waals surface area contributed by atoms with Crippen molar-refractivity contribution in [1.82, 2.24) is 4.90 Å². The minimum Gasteiger partial charge on any atom is -0.396 e. The van der Waals surface area contributed by atoms with Gasteiger partial charge in [-0.3, -0.25) is 4.79 Å². The fourth-order valence-electron chi connectivity index (χ4n) is 2.75. The monoisotopic (exact) mass is 342 g/mol. The van der Waals surface area contributed by atoms with Gasteiger partial charge in [0, 0.05) is 17.1 Å². The second-order valence-electron chi connectivity index (χ2n) is 5.26. The predicted octanol–water partition coefficient (Wildman–Crippen LogP) is 3.97. The number of nitrogen functional groups attached to an aromatic ring is 1. The van der Waals surface area contributed by atoms with E-state index in [4.69, 9.17) is 5.73 Å². The maximum atomic E-state index is 13.4. The average molecular weight is 343 g/mol. The summed E-state index contributed by atoms with van der Waals surface area (Å²) in [6.07, 6.45) is 5.33. The van der Waals surface area contributed by atoms with Crippen LogP contribution < -0.4 is 5.73 Å². The summed E-state index contributed by atoms with van der Waals surface area (Å²) in [5.74, 6) is -0.561. The molecular weight excluding hydrogens is 323 g/mol. The fourth-order valence-corrected chi connectivity index (χ4v) is 3.24. The van der Waals surface area contributed by atoms with Crippen LogP contribution in [0.1, 0.15) is 49.4 Å². The quantitative estimate of drug-likeness (QED) is 0.826. The topological polar surface area (TPSA) is 46.3 Å². The zero-order valence-corrected chi connectivity index (χ0v) is 13.2. The van der Waals surface area contributed by atoms with Gasteiger partial charge in [0.1, 0.15) is 5.82 Å². The number of rotatable bonds is 2. The van der Waals surface area contributed by atoms with Crippen molar-refractivity contribution < 1.29 is 9.18 Å². The number of nitrogens with zero attached hydrogens (tertiary/aromatic N) is 1. The van der Waals surface area contributed by atoms with Crippen molar-refractivity contribution in [1.29, 1.82) is 0 Å². The number of anilines is 1. The van der Waals surface area contributed by atoms with Crippen LogP contribution in [0.5, 0.6) is 0 Å². The molecule has 2 N–H and O–H groups in total. The van der Waals surface area contributed by atoms with E-state index in [9.17, 15) is 9.18 Å². The highest BCUT2D eigenvalue weighted by molar-refractivity contribution is 9.10. The molecule has 110 valence electrons.